The number of aliphatic hydroxyl groups excluding tert-OH is 1. The van der Waals surface area contributed by atoms with E-state index in [1.807, 2.05) is 6.07 Å². The fraction of sp³-hybridized carbons (Fsp3) is 0.364. The number of carbonyl (C=O) groups is 1. The van der Waals surface area contributed by atoms with E-state index in [4.69, 9.17) is 4.74 Å². The topological polar surface area (TPSA) is 46.5 Å². The number of hydrogen-bond donors (Lipinski definition) is 1. The van der Waals surface area contributed by atoms with Crippen molar-refractivity contribution in [1.82, 2.24) is 0 Å². The number of benzene rings is 1. The van der Waals surface area contributed by atoms with E-state index in [-0.39, 0.29) is 5.92 Å². The summed E-state index contributed by atoms with van der Waals surface area (Å²) in [6.45, 7) is 3.56. The van der Waals surface area contributed by atoms with Gasteiger partial charge in [-0.05, 0) is 12.1 Å². The van der Waals surface area contributed by atoms with Crippen LogP contribution < -0.4 is 0 Å². The maximum atomic E-state index is 11.4. The lowest BCUT2D eigenvalue weighted by molar-refractivity contribution is -0.0900. The molecule has 3 heteroatoms. The number of esters is 1. The van der Waals surface area contributed by atoms with Crippen LogP contribution in [0.2, 0.25) is 0 Å². The highest BCUT2D eigenvalue weighted by Gasteiger charge is 2.15. The highest BCUT2D eigenvalue weighted by Crippen LogP contribution is 2.07. The van der Waals surface area contributed by atoms with Crippen LogP contribution in [-0.4, -0.2) is 17.4 Å². The first-order valence-electron chi connectivity index (χ1n) is 4.55. The van der Waals surface area contributed by atoms with Gasteiger partial charge < -0.3 is 9.84 Å². The Morgan fingerprint density at radius 1 is 1.29 bits per heavy atom. The summed E-state index contributed by atoms with van der Waals surface area (Å²) in [5.74, 6) is -0.588. The molecule has 14 heavy (non-hydrogen) atoms. The van der Waals surface area contributed by atoms with Gasteiger partial charge in [0, 0.05) is 5.92 Å². The van der Waals surface area contributed by atoms with E-state index in [1.54, 1.807) is 38.1 Å². The fourth-order valence-corrected chi connectivity index (χ4v) is 0.888. The van der Waals surface area contributed by atoms with E-state index in [2.05, 4.69) is 0 Å². The van der Waals surface area contributed by atoms with Gasteiger partial charge in [-0.1, -0.05) is 32.0 Å². The molecule has 1 N–H and O–H groups in total. The lowest BCUT2D eigenvalue weighted by atomic mass is 10.2. The molecule has 0 saturated carbocycles. The van der Waals surface area contributed by atoms with Crippen LogP contribution in [0.3, 0.4) is 0 Å². The van der Waals surface area contributed by atoms with Crippen molar-refractivity contribution in [2.45, 2.75) is 20.1 Å². The summed E-state index contributed by atoms with van der Waals surface area (Å²) in [5.41, 5.74) is 0.451. The zero-order valence-electron chi connectivity index (χ0n) is 8.31. The smallest absolute Gasteiger partial charge is 0.340 e. The molecule has 0 spiro atoms. The highest BCUT2D eigenvalue weighted by atomic mass is 16.6. The van der Waals surface area contributed by atoms with Crippen molar-refractivity contribution in [3.8, 4) is 0 Å². The molecule has 0 aliphatic rings. The Labute approximate surface area is 83.3 Å². The molecule has 1 unspecified atom stereocenters. The Morgan fingerprint density at radius 3 is 2.36 bits per heavy atom. The SMILES string of the molecule is CC(C)C(O)OC(=O)c1ccccc1. The standard InChI is InChI=1S/C11H14O3/c1-8(2)10(12)14-11(13)9-6-4-3-5-7-9/h3-8,10,12H,1-2H3. The van der Waals surface area contributed by atoms with E-state index in [0.29, 0.717) is 5.56 Å². The number of carbonyl (C=O) groups excluding carboxylic acids is 1. The summed E-state index contributed by atoms with van der Waals surface area (Å²) in [4.78, 5) is 11.4. The first kappa shape index (κ1) is 10.7. The van der Waals surface area contributed by atoms with Gasteiger partial charge in [0.1, 0.15) is 0 Å². The van der Waals surface area contributed by atoms with Crippen LogP contribution in [0.4, 0.5) is 0 Å². The molecule has 1 rings (SSSR count). The summed E-state index contributed by atoms with van der Waals surface area (Å²) >= 11 is 0. The molecule has 1 atom stereocenters. The van der Waals surface area contributed by atoms with E-state index >= 15 is 0 Å². The second kappa shape index (κ2) is 4.77. The van der Waals surface area contributed by atoms with Crippen LogP contribution in [0, 0.1) is 5.92 Å². The number of rotatable bonds is 3. The van der Waals surface area contributed by atoms with E-state index in [0.717, 1.165) is 0 Å². The average Bonchev–Trinajstić information content (AvgIpc) is 2.19. The Balaban J connectivity index is 2.60. The third kappa shape index (κ3) is 2.85. The largest absolute Gasteiger partial charge is 0.432 e. The molecule has 0 radical (unpaired) electrons. The van der Waals surface area contributed by atoms with Crippen LogP contribution in [0.1, 0.15) is 24.2 Å². The molecule has 0 bridgehead atoms. The summed E-state index contributed by atoms with van der Waals surface area (Å²) in [6.07, 6.45) is -1.04. The summed E-state index contributed by atoms with van der Waals surface area (Å²) in [6, 6.07) is 8.61. The Kier molecular flexibility index (Phi) is 3.65. The second-order valence-corrected chi connectivity index (χ2v) is 3.41. The normalized spacial score (nSPS) is 12.6. The van der Waals surface area contributed by atoms with Crippen LogP contribution in [0.15, 0.2) is 30.3 Å². The van der Waals surface area contributed by atoms with Crippen molar-refractivity contribution in [1.29, 1.82) is 0 Å². The van der Waals surface area contributed by atoms with Crippen molar-refractivity contribution >= 4 is 5.97 Å². The number of hydrogen-bond acceptors (Lipinski definition) is 3. The molecule has 0 fully saturated rings. The van der Waals surface area contributed by atoms with Crippen molar-refractivity contribution in [3.05, 3.63) is 35.9 Å². The number of ether oxygens (including phenoxy) is 1. The molecule has 0 amide bonds. The predicted molar refractivity (Wildman–Crippen MR) is 52.7 cm³/mol. The summed E-state index contributed by atoms with van der Waals surface area (Å²) in [7, 11) is 0. The van der Waals surface area contributed by atoms with E-state index in [9.17, 15) is 9.90 Å². The van der Waals surface area contributed by atoms with Gasteiger partial charge in [-0.15, -0.1) is 0 Å². The van der Waals surface area contributed by atoms with Gasteiger partial charge >= 0.3 is 5.97 Å². The predicted octanol–water partition coefficient (Wildman–Crippen LogP) is 1.82. The molecule has 1 aromatic carbocycles. The monoisotopic (exact) mass is 194 g/mol. The third-order valence-corrected chi connectivity index (χ3v) is 1.81. The molecule has 3 nitrogen and oxygen atoms in total. The lowest BCUT2D eigenvalue weighted by Gasteiger charge is -2.14. The van der Waals surface area contributed by atoms with E-state index < -0.39 is 12.3 Å². The molecule has 0 aromatic heterocycles. The van der Waals surface area contributed by atoms with Crippen molar-refractivity contribution in [3.63, 3.8) is 0 Å². The van der Waals surface area contributed by atoms with Gasteiger partial charge in [-0.3, -0.25) is 0 Å². The first-order valence-corrected chi connectivity index (χ1v) is 4.55. The Hall–Kier alpha value is -1.35. The first-order chi connectivity index (χ1) is 6.61. The van der Waals surface area contributed by atoms with Crippen molar-refractivity contribution in [2.24, 2.45) is 5.92 Å². The Morgan fingerprint density at radius 2 is 1.86 bits per heavy atom. The van der Waals surface area contributed by atoms with Crippen molar-refractivity contribution < 1.29 is 14.6 Å². The lowest BCUT2D eigenvalue weighted by Crippen LogP contribution is -2.22. The third-order valence-electron chi connectivity index (χ3n) is 1.81. The van der Waals surface area contributed by atoms with E-state index in [1.165, 1.54) is 0 Å². The zero-order valence-corrected chi connectivity index (χ0v) is 8.31. The summed E-state index contributed by atoms with van der Waals surface area (Å²) in [5, 5.41) is 9.32. The minimum Gasteiger partial charge on any atom is -0.432 e. The molecule has 0 saturated heterocycles. The summed E-state index contributed by atoms with van der Waals surface area (Å²) < 4.78 is 4.81. The minimum absolute atomic E-state index is 0.0948. The average molecular weight is 194 g/mol. The van der Waals surface area contributed by atoms with Gasteiger partial charge in [0.15, 0.2) is 0 Å². The number of aliphatic hydroxyl groups is 1. The van der Waals surface area contributed by atoms with Gasteiger partial charge in [0.2, 0.25) is 6.29 Å². The quantitative estimate of drug-likeness (QED) is 0.589. The van der Waals surface area contributed by atoms with Gasteiger partial charge in [0.25, 0.3) is 0 Å². The molecule has 0 aliphatic heterocycles. The van der Waals surface area contributed by atoms with Gasteiger partial charge in [0.05, 0.1) is 5.56 Å². The molecular formula is C11H14O3. The maximum Gasteiger partial charge on any atom is 0.340 e. The zero-order chi connectivity index (χ0) is 10.6. The molecule has 0 aliphatic carbocycles. The van der Waals surface area contributed by atoms with Crippen LogP contribution >= 0.6 is 0 Å². The molecule has 1 aromatic rings. The molecule has 76 valence electrons. The van der Waals surface area contributed by atoms with Crippen LogP contribution in [-0.2, 0) is 4.74 Å². The van der Waals surface area contributed by atoms with Crippen molar-refractivity contribution in [2.75, 3.05) is 0 Å². The molecular weight excluding hydrogens is 180 g/mol. The maximum absolute atomic E-state index is 11.4. The van der Waals surface area contributed by atoms with Crippen LogP contribution in [0.5, 0.6) is 0 Å². The highest BCUT2D eigenvalue weighted by molar-refractivity contribution is 5.89. The Bertz CT molecular complexity index is 293. The van der Waals surface area contributed by atoms with Crippen LogP contribution in [0.25, 0.3) is 0 Å². The second-order valence-electron chi connectivity index (χ2n) is 3.41. The fourth-order valence-electron chi connectivity index (χ4n) is 0.888. The van der Waals surface area contributed by atoms with Gasteiger partial charge in [-0.25, -0.2) is 4.79 Å². The minimum atomic E-state index is -1.04. The van der Waals surface area contributed by atoms with Gasteiger partial charge in [-0.2, -0.15) is 0 Å². The molecule has 0 heterocycles.